The first-order chi connectivity index (χ1) is 7.18. The Balaban J connectivity index is 2.19. The zero-order valence-electron chi connectivity index (χ0n) is 9.33. The summed E-state index contributed by atoms with van der Waals surface area (Å²) in [7, 11) is 0. The van der Waals surface area contributed by atoms with Crippen molar-refractivity contribution in [2.75, 3.05) is 6.54 Å². The van der Waals surface area contributed by atoms with Crippen molar-refractivity contribution in [2.45, 2.75) is 32.2 Å². The first-order valence-corrected chi connectivity index (χ1v) is 6.46. The molecule has 15 heavy (non-hydrogen) atoms. The second-order valence-corrected chi connectivity index (χ2v) is 5.59. The smallest absolute Gasteiger partial charge is 0.0175 e. The molecule has 2 atom stereocenters. The maximum atomic E-state index is 3.61. The third-order valence-corrected chi connectivity index (χ3v) is 3.81. The average Bonchev–Trinajstić information content (AvgIpc) is 2.67. The molecule has 1 aliphatic rings. The van der Waals surface area contributed by atoms with Gasteiger partial charge in [0, 0.05) is 16.4 Å². The highest BCUT2D eigenvalue weighted by atomic mass is 79.9. The van der Waals surface area contributed by atoms with Crippen molar-refractivity contribution in [2.24, 2.45) is 5.92 Å². The number of halogens is 1. The Morgan fingerprint density at radius 3 is 2.53 bits per heavy atom. The Morgan fingerprint density at radius 1 is 1.27 bits per heavy atom. The van der Waals surface area contributed by atoms with Crippen molar-refractivity contribution in [1.82, 2.24) is 5.32 Å². The number of nitrogens with one attached hydrogen (secondary N) is 1. The van der Waals surface area contributed by atoms with Gasteiger partial charge in [-0.25, -0.2) is 0 Å². The quantitative estimate of drug-likeness (QED) is 0.865. The summed E-state index contributed by atoms with van der Waals surface area (Å²) in [5, 5.41) is 3.61. The van der Waals surface area contributed by atoms with Crippen LogP contribution in [0, 0.1) is 5.92 Å². The predicted molar refractivity (Wildman–Crippen MR) is 68.1 cm³/mol. The molecule has 1 heterocycles. The van der Waals surface area contributed by atoms with Crippen LogP contribution in [0.25, 0.3) is 0 Å². The largest absolute Gasteiger partial charge is 0.313 e. The number of hydrogen-bond acceptors (Lipinski definition) is 1. The zero-order valence-corrected chi connectivity index (χ0v) is 10.9. The maximum absolute atomic E-state index is 3.61. The van der Waals surface area contributed by atoms with Crippen molar-refractivity contribution in [3.8, 4) is 0 Å². The van der Waals surface area contributed by atoms with Crippen molar-refractivity contribution in [1.29, 1.82) is 0 Å². The Hall–Kier alpha value is -0.340. The van der Waals surface area contributed by atoms with Gasteiger partial charge in [-0.15, -0.1) is 0 Å². The molecule has 0 bridgehead atoms. The molecule has 2 heteroatoms. The highest BCUT2D eigenvalue weighted by Crippen LogP contribution is 2.32. The lowest BCUT2D eigenvalue weighted by molar-refractivity contribution is 0.416. The van der Waals surface area contributed by atoms with E-state index in [4.69, 9.17) is 0 Å². The lowest BCUT2D eigenvalue weighted by Gasteiger charge is -2.23. The maximum Gasteiger partial charge on any atom is 0.0175 e. The van der Waals surface area contributed by atoms with Crippen LogP contribution in [-0.4, -0.2) is 12.6 Å². The van der Waals surface area contributed by atoms with Crippen LogP contribution in [0.1, 0.15) is 31.7 Å². The summed E-state index contributed by atoms with van der Waals surface area (Å²) in [6, 6.07) is 9.43. The fourth-order valence-corrected chi connectivity index (χ4v) is 2.78. The Morgan fingerprint density at radius 2 is 1.93 bits per heavy atom. The standard InChI is InChI=1S/C13H18BrN/c1-9(2)13-12(7-8-15-13)10-3-5-11(14)6-4-10/h3-6,9,12-13,15H,7-8H2,1-2H3. The van der Waals surface area contributed by atoms with E-state index in [0.29, 0.717) is 17.9 Å². The van der Waals surface area contributed by atoms with Crippen molar-refractivity contribution in [3.05, 3.63) is 34.3 Å². The normalized spacial score (nSPS) is 26.1. The lowest BCUT2D eigenvalue weighted by atomic mass is 9.86. The van der Waals surface area contributed by atoms with Crippen LogP contribution in [0.4, 0.5) is 0 Å². The van der Waals surface area contributed by atoms with E-state index in [1.165, 1.54) is 16.5 Å². The van der Waals surface area contributed by atoms with Crippen LogP contribution in [0.15, 0.2) is 28.7 Å². The monoisotopic (exact) mass is 267 g/mol. The molecule has 1 aromatic carbocycles. The number of hydrogen-bond donors (Lipinski definition) is 1. The molecule has 2 unspecified atom stereocenters. The van der Waals surface area contributed by atoms with Crippen LogP contribution in [0.3, 0.4) is 0 Å². The lowest BCUT2D eigenvalue weighted by Crippen LogP contribution is -2.31. The van der Waals surface area contributed by atoms with E-state index in [2.05, 4.69) is 59.4 Å². The fraction of sp³-hybridized carbons (Fsp3) is 0.538. The van der Waals surface area contributed by atoms with Gasteiger partial charge in [0.15, 0.2) is 0 Å². The summed E-state index contributed by atoms with van der Waals surface area (Å²) < 4.78 is 1.17. The van der Waals surface area contributed by atoms with E-state index in [1.807, 2.05) is 0 Å². The average molecular weight is 268 g/mol. The minimum absolute atomic E-state index is 0.645. The van der Waals surface area contributed by atoms with E-state index < -0.39 is 0 Å². The van der Waals surface area contributed by atoms with Gasteiger partial charge >= 0.3 is 0 Å². The molecule has 1 N–H and O–H groups in total. The molecule has 0 aliphatic carbocycles. The number of benzene rings is 1. The van der Waals surface area contributed by atoms with Crippen molar-refractivity contribution in [3.63, 3.8) is 0 Å². The van der Waals surface area contributed by atoms with E-state index in [-0.39, 0.29) is 0 Å². The second-order valence-electron chi connectivity index (χ2n) is 4.67. The molecule has 0 spiro atoms. The van der Waals surface area contributed by atoms with E-state index in [1.54, 1.807) is 0 Å². The number of rotatable bonds is 2. The van der Waals surface area contributed by atoms with E-state index in [0.717, 1.165) is 6.54 Å². The highest BCUT2D eigenvalue weighted by Gasteiger charge is 2.29. The molecular weight excluding hydrogens is 250 g/mol. The van der Waals surface area contributed by atoms with Gasteiger partial charge in [0.2, 0.25) is 0 Å². The third kappa shape index (κ3) is 2.43. The van der Waals surface area contributed by atoms with E-state index in [9.17, 15) is 0 Å². The SMILES string of the molecule is CC(C)C1NCCC1c1ccc(Br)cc1. The van der Waals surface area contributed by atoms with Crippen LogP contribution in [0.5, 0.6) is 0 Å². The van der Waals surface area contributed by atoms with E-state index >= 15 is 0 Å². The predicted octanol–water partition coefficient (Wildman–Crippen LogP) is 3.55. The molecule has 0 aromatic heterocycles. The molecule has 1 aromatic rings. The summed E-state index contributed by atoms with van der Waals surface area (Å²) in [6.45, 7) is 5.76. The van der Waals surface area contributed by atoms with Gasteiger partial charge in [-0.3, -0.25) is 0 Å². The molecular formula is C13H18BrN. The molecule has 1 fully saturated rings. The molecule has 0 radical (unpaired) electrons. The molecule has 82 valence electrons. The topological polar surface area (TPSA) is 12.0 Å². The van der Waals surface area contributed by atoms with Crippen LogP contribution in [0.2, 0.25) is 0 Å². The molecule has 1 aliphatic heterocycles. The summed E-state index contributed by atoms with van der Waals surface area (Å²) in [5.41, 5.74) is 1.47. The Labute approximate surface area is 100 Å². The summed E-state index contributed by atoms with van der Waals surface area (Å²) in [6.07, 6.45) is 1.27. The molecule has 0 saturated carbocycles. The minimum atomic E-state index is 0.645. The molecule has 0 amide bonds. The fourth-order valence-electron chi connectivity index (χ4n) is 2.51. The molecule has 1 saturated heterocycles. The van der Waals surface area contributed by atoms with Crippen LogP contribution >= 0.6 is 15.9 Å². The van der Waals surface area contributed by atoms with Gasteiger partial charge in [-0.05, 0) is 36.6 Å². The minimum Gasteiger partial charge on any atom is -0.313 e. The van der Waals surface area contributed by atoms with Crippen molar-refractivity contribution >= 4 is 15.9 Å². The first kappa shape index (κ1) is 11.2. The third-order valence-electron chi connectivity index (χ3n) is 3.29. The first-order valence-electron chi connectivity index (χ1n) is 5.67. The Bertz CT molecular complexity index is 318. The van der Waals surface area contributed by atoms with Gasteiger partial charge in [-0.1, -0.05) is 41.9 Å². The summed E-state index contributed by atoms with van der Waals surface area (Å²) in [4.78, 5) is 0. The molecule has 2 rings (SSSR count). The summed E-state index contributed by atoms with van der Waals surface area (Å²) in [5.74, 6) is 1.40. The highest BCUT2D eigenvalue weighted by molar-refractivity contribution is 9.10. The van der Waals surface area contributed by atoms with Crippen LogP contribution < -0.4 is 5.32 Å². The second kappa shape index (κ2) is 4.67. The van der Waals surface area contributed by atoms with Gasteiger partial charge in [0.25, 0.3) is 0 Å². The van der Waals surface area contributed by atoms with Gasteiger partial charge < -0.3 is 5.32 Å². The van der Waals surface area contributed by atoms with Gasteiger partial charge in [0.1, 0.15) is 0 Å². The zero-order chi connectivity index (χ0) is 10.8. The summed E-state index contributed by atoms with van der Waals surface area (Å²) >= 11 is 3.48. The van der Waals surface area contributed by atoms with Crippen molar-refractivity contribution < 1.29 is 0 Å². The Kier molecular flexibility index (Phi) is 3.47. The van der Waals surface area contributed by atoms with Gasteiger partial charge in [0.05, 0.1) is 0 Å². The van der Waals surface area contributed by atoms with Gasteiger partial charge in [-0.2, -0.15) is 0 Å². The van der Waals surface area contributed by atoms with Crippen LogP contribution in [-0.2, 0) is 0 Å². The molecule has 1 nitrogen and oxygen atoms in total.